The van der Waals surface area contributed by atoms with E-state index >= 15 is 0 Å². The second kappa shape index (κ2) is 8.05. The van der Waals surface area contributed by atoms with E-state index in [-0.39, 0.29) is 30.2 Å². The number of halogens is 2. The van der Waals surface area contributed by atoms with E-state index in [2.05, 4.69) is 10.3 Å². The second-order valence-electron chi connectivity index (χ2n) is 7.34. The van der Waals surface area contributed by atoms with Crippen molar-refractivity contribution in [2.24, 2.45) is 0 Å². The van der Waals surface area contributed by atoms with Gasteiger partial charge in [-0.25, -0.2) is 4.39 Å². The van der Waals surface area contributed by atoms with Crippen LogP contribution in [0.2, 0.25) is 0 Å². The smallest absolute Gasteiger partial charge is 0.242 e. The summed E-state index contributed by atoms with van der Waals surface area (Å²) < 4.78 is 19.9. The molecule has 2 aliphatic rings. The summed E-state index contributed by atoms with van der Waals surface area (Å²) in [4.78, 5) is 18.8. The highest BCUT2D eigenvalue weighted by Gasteiger charge is 2.50. The lowest BCUT2D eigenvalue weighted by molar-refractivity contribution is -0.131. The number of nitrogens with one attached hydrogen (secondary N) is 1. The molecule has 0 radical (unpaired) electrons. The highest BCUT2D eigenvalue weighted by molar-refractivity contribution is 5.88. The summed E-state index contributed by atoms with van der Waals surface area (Å²) in [6, 6.07) is 8.49. The number of likely N-dealkylation sites (N-methyl/N-ethyl adjacent to an activating group) is 1. The molecule has 5 nitrogen and oxygen atoms in total. The van der Waals surface area contributed by atoms with Crippen LogP contribution >= 0.6 is 12.4 Å². The Bertz CT molecular complexity index is 878. The van der Waals surface area contributed by atoms with E-state index in [0.717, 1.165) is 37.1 Å². The third-order valence-corrected chi connectivity index (χ3v) is 5.64. The first kappa shape index (κ1) is 20.6. The molecule has 150 valence electrons. The second-order valence-corrected chi connectivity index (χ2v) is 7.34. The molecule has 1 spiro atoms. The van der Waals surface area contributed by atoms with Crippen molar-refractivity contribution in [2.75, 3.05) is 20.2 Å². The van der Waals surface area contributed by atoms with Gasteiger partial charge in [0.05, 0.1) is 18.3 Å². The molecule has 7 heteroatoms. The molecular weight excluding hydrogens is 381 g/mol. The Kier molecular flexibility index (Phi) is 5.91. The molecule has 2 saturated heterocycles. The molecule has 2 aromatic rings. The molecule has 2 aliphatic heterocycles. The number of hydrogen-bond donors (Lipinski definition) is 1. The van der Waals surface area contributed by atoms with Crippen LogP contribution in [0.15, 0.2) is 36.5 Å². The Labute approximate surface area is 170 Å². The minimum absolute atomic E-state index is 0. The van der Waals surface area contributed by atoms with Crippen LogP contribution in [0.3, 0.4) is 0 Å². The summed E-state index contributed by atoms with van der Waals surface area (Å²) >= 11 is 0. The van der Waals surface area contributed by atoms with Crippen molar-refractivity contribution in [2.45, 2.75) is 37.8 Å². The number of nitrogens with zero attached hydrogens (tertiary/aromatic N) is 2. The standard InChI is InChI=1S/C21H24FN3O2.ClH/c1-3-27-15-4-5-17(22)16(13-15)14-7-10-23-19(12-14)18-6-8-21(24-18)9-11-25(2)20(21)26;/h4-5,7,10,12-13,18,24H,3,6,8-9,11H2,1-2H3;1H/t18-,21+;/m0./s1. The van der Waals surface area contributed by atoms with E-state index in [1.165, 1.54) is 6.07 Å². The average Bonchev–Trinajstić information content (AvgIpc) is 3.24. The van der Waals surface area contributed by atoms with Crippen LogP contribution in [0.5, 0.6) is 5.75 Å². The van der Waals surface area contributed by atoms with Crippen molar-refractivity contribution < 1.29 is 13.9 Å². The van der Waals surface area contributed by atoms with E-state index in [9.17, 15) is 9.18 Å². The lowest BCUT2D eigenvalue weighted by atomic mass is 9.96. The Balaban J connectivity index is 0.00000225. The maximum atomic E-state index is 14.4. The molecule has 4 rings (SSSR count). The minimum atomic E-state index is -0.461. The van der Waals surface area contributed by atoms with Crippen LogP contribution in [0.25, 0.3) is 11.1 Å². The van der Waals surface area contributed by atoms with Gasteiger partial charge in [0.15, 0.2) is 0 Å². The summed E-state index contributed by atoms with van der Waals surface area (Å²) in [6.07, 6.45) is 4.18. The molecule has 0 aliphatic carbocycles. The molecule has 0 unspecified atom stereocenters. The molecule has 0 bridgehead atoms. The third kappa shape index (κ3) is 3.59. The number of rotatable bonds is 4. The van der Waals surface area contributed by atoms with Crippen molar-refractivity contribution in [3.05, 3.63) is 48.0 Å². The lowest BCUT2D eigenvalue weighted by Gasteiger charge is -2.23. The number of hydrogen-bond acceptors (Lipinski definition) is 4. The van der Waals surface area contributed by atoms with Gasteiger partial charge in [0.1, 0.15) is 17.1 Å². The van der Waals surface area contributed by atoms with Crippen LogP contribution < -0.4 is 10.1 Å². The number of carbonyl (C=O) groups excluding carboxylic acids is 1. The first-order valence-corrected chi connectivity index (χ1v) is 9.44. The van der Waals surface area contributed by atoms with Gasteiger partial charge in [-0.05, 0) is 62.1 Å². The number of pyridine rings is 1. The zero-order valence-corrected chi connectivity index (χ0v) is 16.9. The topological polar surface area (TPSA) is 54.5 Å². The van der Waals surface area contributed by atoms with Crippen LogP contribution in [0, 0.1) is 5.82 Å². The normalized spacial score (nSPS) is 23.9. The van der Waals surface area contributed by atoms with Gasteiger partial charge < -0.3 is 9.64 Å². The molecule has 0 saturated carbocycles. The Morgan fingerprint density at radius 3 is 2.86 bits per heavy atom. The largest absolute Gasteiger partial charge is 0.494 e. The molecule has 1 aromatic heterocycles. The monoisotopic (exact) mass is 405 g/mol. The van der Waals surface area contributed by atoms with Gasteiger partial charge in [-0.15, -0.1) is 12.4 Å². The van der Waals surface area contributed by atoms with Gasteiger partial charge in [-0.2, -0.15) is 0 Å². The van der Waals surface area contributed by atoms with Gasteiger partial charge in [0, 0.05) is 25.4 Å². The fourth-order valence-electron chi connectivity index (χ4n) is 4.18. The highest BCUT2D eigenvalue weighted by Crippen LogP contribution is 2.39. The SMILES string of the molecule is CCOc1ccc(F)c(-c2ccnc([C@@H]3CC[C@]4(CCN(C)C4=O)N3)c2)c1.Cl. The predicted octanol–water partition coefficient (Wildman–Crippen LogP) is 3.73. The zero-order chi connectivity index (χ0) is 19.0. The molecule has 3 heterocycles. The fourth-order valence-corrected chi connectivity index (χ4v) is 4.18. The number of amides is 1. The van der Waals surface area contributed by atoms with Crippen molar-refractivity contribution in [1.82, 2.24) is 15.2 Å². The summed E-state index contributed by atoms with van der Waals surface area (Å²) in [5.74, 6) is 0.514. The molecular formula is C21H25ClFN3O2. The van der Waals surface area contributed by atoms with E-state index in [1.807, 2.05) is 20.0 Å². The lowest BCUT2D eigenvalue weighted by Crippen LogP contribution is -2.47. The number of carbonyl (C=O) groups is 1. The quantitative estimate of drug-likeness (QED) is 0.842. The Morgan fingerprint density at radius 2 is 2.14 bits per heavy atom. The van der Waals surface area contributed by atoms with Crippen LogP contribution in [-0.4, -0.2) is 41.5 Å². The zero-order valence-electron chi connectivity index (χ0n) is 16.1. The maximum absolute atomic E-state index is 14.4. The Morgan fingerprint density at radius 1 is 1.32 bits per heavy atom. The predicted molar refractivity (Wildman–Crippen MR) is 108 cm³/mol. The molecule has 1 aromatic carbocycles. The first-order valence-electron chi connectivity index (χ1n) is 9.44. The van der Waals surface area contributed by atoms with Gasteiger partial charge in [-0.3, -0.25) is 15.1 Å². The van der Waals surface area contributed by atoms with E-state index in [0.29, 0.717) is 17.9 Å². The third-order valence-electron chi connectivity index (χ3n) is 5.64. The number of aromatic nitrogens is 1. The highest BCUT2D eigenvalue weighted by atomic mass is 35.5. The number of benzene rings is 1. The van der Waals surface area contributed by atoms with Crippen molar-refractivity contribution >= 4 is 18.3 Å². The van der Waals surface area contributed by atoms with Crippen molar-refractivity contribution in [1.29, 1.82) is 0 Å². The van der Waals surface area contributed by atoms with Gasteiger partial charge in [0.25, 0.3) is 0 Å². The average molecular weight is 406 g/mol. The van der Waals surface area contributed by atoms with Crippen LogP contribution in [0.4, 0.5) is 4.39 Å². The molecule has 2 atom stereocenters. The summed E-state index contributed by atoms with van der Waals surface area (Å²) in [7, 11) is 1.85. The van der Waals surface area contributed by atoms with Gasteiger partial charge in [-0.1, -0.05) is 0 Å². The molecule has 2 fully saturated rings. The van der Waals surface area contributed by atoms with Crippen LogP contribution in [0.1, 0.15) is 37.9 Å². The number of likely N-dealkylation sites (tertiary alicyclic amines) is 1. The van der Waals surface area contributed by atoms with Gasteiger partial charge >= 0.3 is 0 Å². The molecule has 1 N–H and O–H groups in total. The first-order chi connectivity index (χ1) is 13.0. The summed E-state index contributed by atoms with van der Waals surface area (Å²) in [6.45, 7) is 3.21. The molecule has 1 amide bonds. The van der Waals surface area contributed by atoms with E-state index in [4.69, 9.17) is 4.74 Å². The van der Waals surface area contributed by atoms with Crippen molar-refractivity contribution in [3.8, 4) is 16.9 Å². The fraction of sp³-hybridized carbons (Fsp3) is 0.429. The maximum Gasteiger partial charge on any atom is 0.242 e. The van der Waals surface area contributed by atoms with E-state index in [1.54, 1.807) is 29.3 Å². The van der Waals surface area contributed by atoms with Crippen LogP contribution in [-0.2, 0) is 4.79 Å². The number of ether oxygens (including phenoxy) is 1. The minimum Gasteiger partial charge on any atom is -0.494 e. The Hall–Kier alpha value is -2.18. The van der Waals surface area contributed by atoms with E-state index < -0.39 is 5.54 Å². The van der Waals surface area contributed by atoms with Gasteiger partial charge in [0.2, 0.25) is 5.91 Å². The molecule has 28 heavy (non-hydrogen) atoms. The summed E-state index contributed by atoms with van der Waals surface area (Å²) in [5.41, 5.74) is 1.63. The summed E-state index contributed by atoms with van der Waals surface area (Å²) in [5, 5.41) is 3.52. The van der Waals surface area contributed by atoms with Crippen molar-refractivity contribution in [3.63, 3.8) is 0 Å².